The van der Waals surface area contributed by atoms with Gasteiger partial charge in [0.2, 0.25) is 0 Å². The number of nitrogens with zero attached hydrogens (tertiary/aromatic N) is 1. The van der Waals surface area contributed by atoms with E-state index in [2.05, 4.69) is 9.64 Å². The molecule has 0 aromatic carbocycles. The third kappa shape index (κ3) is 6.85. The molecule has 2 N–H and O–H groups in total. The van der Waals surface area contributed by atoms with Crippen molar-refractivity contribution in [2.75, 3.05) is 33.4 Å². The molecule has 0 saturated heterocycles. The van der Waals surface area contributed by atoms with Gasteiger partial charge in [-0.1, -0.05) is 6.92 Å². The zero-order valence-electron chi connectivity index (χ0n) is 10.8. The predicted octanol–water partition coefficient (Wildman–Crippen LogP) is 2.01. The van der Waals surface area contributed by atoms with E-state index >= 15 is 0 Å². The summed E-state index contributed by atoms with van der Waals surface area (Å²) in [7, 11) is 1.93. The van der Waals surface area contributed by atoms with Crippen molar-refractivity contribution in [3.05, 3.63) is 0 Å². The maximum Gasteiger partial charge on any atom is 0.411 e. The van der Waals surface area contributed by atoms with Crippen LogP contribution in [0.1, 0.15) is 26.7 Å². The van der Waals surface area contributed by atoms with Gasteiger partial charge in [-0.05, 0) is 26.8 Å². The largest absolute Gasteiger partial charge is 0.411 e. The van der Waals surface area contributed by atoms with Gasteiger partial charge in [-0.15, -0.1) is 0 Å². The maximum atomic E-state index is 11.8. The number of nitrogens with two attached hydrogens (primary N) is 1. The van der Waals surface area contributed by atoms with Gasteiger partial charge in [-0.3, -0.25) is 4.90 Å². The lowest BCUT2D eigenvalue weighted by atomic mass is 9.97. The fourth-order valence-corrected chi connectivity index (χ4v) is 1.43. The van der Waals surface area contributed by atoms with Crippen LogP contribution in [-0.2, 0) is 4.74 Å². The van der Waals surface area contributed by atoms with Crippen LogP contribution in [0, 0.1) is 0 Å². The number of hydrogen-bond acceptors (Lipinski definition) is 3. The smallest absolute Gasteiger partial charge is 0.372 e. The molecule has 1 atom stereocenters. The summed E-state index contributed by atoms with van der Waals surface area (Å²) in [6.07, 6.45) is -2.76. The van der Waals surface area contributed by atoms with E-state index in [0.29, 0.717) is 19.5 Å². The van der Waals surface area contributed by atoms with Crippen LogP contribution in [-0.4, -0.2) is 50.0 Å². The summed E-state index contributed by atoms with van der Waals surface area (Å²) in [5, 5.41) is 0. The summed E-state index contributed by atoms with van der Waals surface area (Å²) in [5.74, 6) is 0. The monoisotopic (exact) mass is 256 g/mol. The molecule has 0 heterocycles. The van der Waals surface area contributed by atoms with Crippen molar-refractivity contribution in [2.45, 2.75) is 38.4 Å². The van der Waals surface area contributed by atoms with Gasteiger partial charge < -0.3 is 10.5 Å². The Kier molecular flexibility index (Phi) is 7.04. The average Bonchev–Trinajstić information content (AvgIpc) is 2.25. The number of likely N-dealkylation sites (N-methyl/N-ethyl adjacent to an activating group) is 1. The summed E-state index contributed by atoms with van der Waals surface area (Å²) < 4.78 is 39.9. The van der Waals surface area contributed by atoms with E-state index < -0.39 is 12.8 Å². The third-order valence-corrected chi connectivity index (χ3v) is 3.17. The van der Waals surface area contributed by atoms with Crippen LogP contribution in [0.15, 0.2) is 0 Å². The summed E-state index contributed by atoms with van der Waals surface area (Å²) in [6, 6.07) is 0. The molecule has 0 amide bonds. The van der Waals surface area contributed by atoms with Gasteiger partial charge in [0.25, 0.3) is 0 Å². The molecule has 0 aromatic rings. The Bertz CT molecular complexity index is 205. The van der Waals surface area contributed by atoms with Crippen LogP contribution in [0.3, 0.4) is 0 Å². The topological polar surface area (TPSA) is 38.5 Å². The second kappa shape index (κ2) is 7.18. The standard InChI is InChI=1S/C11H23F3N2O/c1-4-10(2,8-15)16(3)6-5-7-17-9-11(12,13)14/h4-9,15H2,1-3H3. The second-order valence-corrected chi connectivity index (χ2v) is 4.50. The minimum atomic E-state index is -4.24. The average molecular weight is 256 g/mol. The molecule has 0 spiro atoms. The Morgan fingerprint density at radius 2 is 1.88 bits per heavy atom. The molecule has 0 aromatic heterocycles. The Morgan fingerprint density at radius 3 is 2.29 bits per heavy atom. The first-order valence-electron chi connectivity index (χ1n) is 5.81. The van der Waals surface area contributed by atoms with Crippen LogP contribution in [0.4, 0.5) is 13.2 Å². The molecule has 6 heteroatoms. The molecule has 0 bridgehead atoms. The first-order chi connectivity index (χ1) is 7.75. The molecule has 17 heavy (non-hydrogen) atoms. The number of ether oxygens (including phenoxy) is 1. The van der Waals surface area contributed by atoms with Gasteiger partial charge in [0.15, 0.2) is 0 Å². The van der Waals surface area contributed by atoms with E-state index in [1.54, 1.807) is 0 Å². The van der Waals surface area contributed by atoms with Gasteiger partial charge in [0, 0.05) is 25.2 Å². The molecule has 0 fully saturated rings. The van der Waals surface area contributed by atoms with Crippen LogP contribution in [0.25, 0.3) is 0 Å². The van der Waals surface area contributed by atoms with Gasteiger partial charge in [-0.25, -0.2) is 0 Å². The van der Waals surface area contributed by atoms with Crippen molar-refractivity contribution in [1.29, 1.82) is 0 Å². The molecule has 0 rings (SSSR count). The Balaban J connectivity index is 3.75. The summed E-state index contributed by atoms with van der Waals surface area (Å²) in [5.41, 5.74) is 5.59. The molecular formula is C11H23F3N2O. The van der Waals surface area contributed by atoms with Crippen molar-refractivity contribution in [3.63, 3.8) is 0 Å². The number of alkyl halides is 3. The maximum absolute atomic E-state index is 11.8. The molecule has 1 unspecified atom stereocenters. The molecule has 104 valence electrons. The van der Waals surface area contributed by atoms with Crippen LogP contribution < -0.4 is 5.73 Å². The molecule has 0 aliphatic carbocycles. The molecule has 0 saturated carbocycles. The van der Waals surface area contributed by atoms with Crippen molar-refractivity contribution < 1.29 is 17.9 Å². The van der Waals surface area contributed by atoms with E-state index in [0.717, 1.165) is 6.42 Å². The van der Waals surface area contributed by atoms with Crippen molar-refractivity contribution in [1.82, 2.24) is 4.90 Å². The highest BCUT2D eigenvalue weighted by Crippen LogP contribution is 2.17. The summed E-state index contributed by atoms with van der Waals surface area (Å²) >= 11 is 0. The predicted molar refractivity (Wildman–Crippen MR) is 61.9 cm³/mol. The number of halogens is 3. The molecule has 0 radical (unpaired) electrons. The van der Waals surface area contributed by atoms with Gasteiger partial charge in [0.1, 0.15) is 6.61 Å². The summed E-state index contributed by atoms with van der Waals surface area (Å²) in [4.78, 5) is 2.07. The van der Waals surface area contributed by atoms with Gasteiger partial charge in [-0.2, -0.15) is 13.2 Å². The van der Waals surface area contributed by atoms with Gasteiger partial charge >= 0.3 is 6.18 Å². The van der Waals surface area contributed by atoms with Crippen LogP contribution in [0.5, 0.6) is 0 Å². The molecule has 0 aliphatic heterocycles. The Labute approximate surface area is 101 Å². The van der Waals surface area contributed by atoms with E-state index in [-0.39, 0.29) is 12.1 Å². The fourth-order valence-electron chi connectivity index (χ4n) is 1.43. The van der Waals surface area contributed by atoms with Crippen molar-refractivity contribution >= 4 is 0 Å². The minimum Gasteiger partial charge on any atom is -0.372 e. The Morgan fingerprint density at radius 1 is 1.29 bits per heavy atom. The normalized spacial score (nSPS) is 16.2. The molecular weight excluding hydrogens is 233 g/mol. The Hall–Kier alpha value is -0.330. The van der Waals surface area contributed by atoms with E-state index in [4.69, 9.17) is 5.73 Å². The number of rotatable bonds is 8. The lowest BCUT2D eigenvalue weighted by molar-refractivity contribution is -0.174. The molecule has 3 nitrogen and oxygen atoms in total. The van der Waals surface area contributed by atoms with E-state index in [9.17, 15) is 13.2 Å². The minimum absolute atomic E-state index is 0.0932. The van der Waals surface area contributed by atoms with Gasteiger partial charge in [0.05, 0.1) is 0 Å². The number of hydrogen-bond donors (Lipinski definition) is 1. The zero-order chi connectivity index (χ0) is 13.5. The third-order valence-electron chi connectivity index (χ3n) is 3.17. The van der Waals surface area contributed by atoms with E-state index in [1.807, 2.05) is 20.9 Å². The summed E-state index contributed by atoms with van der Waals surface area (Å²) in [6.45, 7) is 4.25. The van der Waals surface area contributed by atoms with Crippen LogP contribution in [0.2, 0.25) is 0 Å². The van der Waals surface area contributed by atoms with Crippen molar-refractivity contribution in [2.24, 2.45) is 5.73 Å². The zero-order valence-corrected chi connectivity index (χ0v) is 10.8. The lowest BCUT2D eigenvalue weighted by Crippen LogP contribution is -2.49. The van der Waals surface area contributed by atoms with Crippen LogP contribution >= 0.6 is 0 Å². The van der Waals surface area contributed by atoms with Crippen molar-refractivity contribution in [3.8, 4) is 0 Å². The van der Waals surface area contributed by atoms with E-state index in [1.165, 1.54) is 0 Å². The first kappa shape index (κ1) is 16.7. The molecule has 0 aliphatic rings. The SMILES string of the molecule is CCC(C)(CN)N(C)CCCOCC(F)(F)F. The highest BCUT2D eigenvalue weighted by Gasteiger charge is 2.27. The lowest BCUT2D eigenvalue weighted by Gasteiger charge is -2.37. The highest BCUT2D eigenvalue weighted by molar-refractivity contribution is 4.83. The quantitative estimate of drug-likeness (QED) is 0.675. The fraction of sp³-hybridized carbons (Fsp3) is 1.00. The highest BCUT2D eigenvalue weighted by atomic mass is 19.4. The second-order valence-electron chi connectivity index (χ2n) is 4.50. The first-order valence-corrected chi connectivity index (χ1v) is 5.81.